The lowest BCUT2D eigenvalue weighted by Crippen LogP contribution is -2.52. The summed E-state index contributed by atoms with van der Waals surface area (Å²) >= 11 is 5.96. The molecule has 0 radical (unpaired) electrons. The van der Waals surface area contributed by atoms with Crippen molar-refractivity contribution < 1.29 is 9.59 Å². The molecular formula is C21H22ClN3O2. The van der Waals surface area contributed by atoms with E-state index in [1.807, 2.05) is 55.5 Å². The number of aryl methyl sites for hydroxylation is 1. The largest absolute Gasteiger partial charge is 0.369 e. The first-order chi connectivity index (χ1) is 13.0. The third-order valence-electron chi connectivity index (χ3n) is 5.33. The van der Waals surface area contributed by atoms with Crippen molar-refractivity contribution in [3.05, 3.63) is 59.1 Å². The summed E-state index contributed by atoms with van der Waals surface area (Å²) in [5.41, 5.74) is 2.84. The summed E-state index contributed by atoms with van der Waals surface area (Å²) in [5, 5.41) is 0.726. The molecule has 140 valence electrons. The van der Waals surface area contributed by atoms with Crippen LogP contribution < -0.4 is 9.80 Å². The highest BCUT2D eigenvalue weighted by atomic mass is 35.5. The molecule has 0 saturated carbocycles. The molecule has 2 aliphatic rings. The van der Waals surface area contributed by atoms with Crippen LogP contribution in [0.4, 0.5) is 11.4 Å². The van der Waals surface area contributed by atoms with Gasteiger partial charge in [0, 0.05) is 36.9 Å². The fourth-order valence-electron chi connectivity index (χ4n) is 3.88. The molecule has 6 heteroatoms. The smallest absolute Gasteiger partial charge is 0.251 e. The van der Waals surface area contributed by atoms with Crippen LogP contribution in [0.3, 0.4) is 0 Å². The monoisotopic (exact) mass is 383 g/mol. The van der Waals surface area contributed by atoms with Crippen LogP contribution in [0.15, 0.2) is 48.5 Å². The molecule has 4 rings (SSSR count). The number of piperazine rings is 1. The summed E-state index contributed by atoms with van der Waals surface area (Å²) in [7, 11) is 0. The molecule has 0 N–H and O–H groups in total. The molecular weight excluding hydrogens is 362 g/mol. The highest BCUT2D eigenvalue weighted by molar-refractivity contribution is 6.30. The van der Waals surface area contributed by atoms with E-state index in [0.29, 0.717) is 5.69 Å². The Kier molecular flexibility index (Phi) is 4.89. The molecule has 27 heavy (non-hydrogen) atoms. The maximum atomic E-state index is 13.0. The fourth-order valence-corrected chi connectivity index (χ4v) is 4.01. The maximum Gasteiger partial charge on any atom is 0.251 e. The zero-order chi connectivity index (χ0) is 19.0. The number of carbonyl (C=O) groups excluding carboxylic acids is 2. The number of carbonyl (C=O) groups is 2. The maximum absolute atomic E-state index is 13.0. The van der Waals surface area contributed by atoms with E-state index in [1.54, 1.807) is 0 Å². The summed E-state index contributed by atoms with van der Waals surface area (Å²) in [6.45, 7) is 5.12. The van der Waals surface area contributed by atoms with Gasteiger partial charge in [-0.25, -0.2) is 4.90 Å². The van der Waals surface area contributed by atoms with Crippen LogP contribution in [0.25, 0.3) is 0 Å². The molecule has 0 aliphatic carbocycles. The summed E-state index contributed by atoms with van der Waals surface area (Å²) in [5.74, 6) is -0.221. The Bertz CT molecular complexity index is 860. The zero-order valence-electron chi connectivity index (χ0n) is 15.3. The highest BCUT2D eigenvalue weighted by Gasteiger charge is 2.43. The lowest BCUT2D eigenvalue weighted by Gasteiger charge is -2.38. The average molecular weight is 384 g/mol. The molecule has 0 unspecified atom stereocenters. The van der Waals surface area contributed by atoms with Crippen molar-refractivity contribution in [3.63, 3.8) is 0 Å². The first-order valence-corrected chi connectivity index (χ1v) is 9.59. The zero-order valence-corrected chi connectivity index (χ0v) is 16.0. The molecule has 0 bridgehead atoms. The van der Waals surface area contributed by atoms with E-state index in [-0.39, 0.29) is 24.3 Å². The van der Waals surface area contributed by atoms with Crippen LogP contribution in [-0.2, 0) is 9.59 Å². The predicted molar refractivity (Wildman–Crippen MR) is 107 cm³/mol. The van der Waals surface area contributed by atoms with E-state index < -0.39 is 0 Å². The number of imide groups is 1. The van der Waals surface area contributed by atoms with E-state index in [4.69, 9.17) is 11.6 Å². The van der Waals surface area contributed by atoms with Crippen molar-refractivity contribution in [1.82, 2.24) is 4.90 Å². The van der Waals surface area contributed by atoms with Crippen LogP contribution in [0.5, 0.6) is 0 Å². The SMILES string of the molecule is Cc1cccc(N2C(=O)C[C@H](N3CCN(c4ccc(Cl)cc4)CC3)C2=O)c1. The van der Waals surface area contributed by atoms with Crippen LogP contribution in [0.1, 0.15) is 12.0 Å². The van der Waals surface area contributed by atoms with Crippen LogP contribution in [0.2, 0.25) is 5.02 Å². The number of hydrogen-bond donors (Lipinski definition) is 0. The lowest BCUT2D eigenvalue weighted by molar-refractivity contribution is -0.123. The Morgan fingerprint density at radius 3 is 2.30 bits per heavy atom. The van der Waals surface area contributed by atoms with Crippen molar-refractivity contribution in [1.29, 1.82) is 0 Å². The number of rotatable bonds is 3. The van der Waals surface area contributed by atoms with Gasteiger partial charge < -0.3 is 4.90 Å². The molecule has 2 aromatic rings. The van der Waals surface area contributed by atoms with Gasteiger partial charge in [-0.15, -0.1) is 0 Å². The van der Waals surface area contributed by atoms with E-state index in [9.17, 15) is 9.59 Å². The quantitative estimate of drug-likeness (QED) is 0.764. The van der Waals surface area contributed by atoms with Gasteiger partial charge in [0.25, 0.3) is 5.91 Å². The van der Waals surface area contributed by atoms with Gasteiger partial charge in [0.05, 0.1) is 18.2 Å². The average Bonchev–Trinajstić information content (AvgIpc) is 2.97. The standard InChI is InChI=1S/C21H22ClN3O2/c1-15-3-2-4-18(13-15)25-20(26)14-19(21(25)27)24-11-9-23(10-12-24)17-7-5-16(22)6-8-17/h2-8,13,19H,9-12,14H2,1H3/t19-/m0/s1. The van der Waals surface area contributed by atoms with Gasteiger partial charge in [0.15, 0.2) is 0 Å². The molecule has 0 aromatic heterocycles. The third kappa shape index (κ3) is 3.57. The highest BCUT2D eigenvalue weighted by Crippen LogP contribution is 2.28. The summed E-state index contributed by atoms with van der Waals surface area (Å²) < 4.78 is 0. The van der Waals surface area contributed by atoms with E-state index in [2.05, 4.69) is 9.80 Å². The van der Waals surface area contributed by atoms with E-state index in [0.717, 1.165) is 42.5 Å². The van der Waals surface area contributed by atoms with Crippen LogP contribution >= 0.6 is 11.6 Å². The fraction of sp³-hybridized carbons (Fsp3) is 0.333. The molecule has 2 aromatic carbocycles. The second kappa shape index (κ2) is 7.33. The normalized spacial score (nSPS) is 21.2. The summed E-state index contributed by atoms with van der Waals surface area (Å²) in [6, 6.07) is 15.0. The first kappa shape index (κ1) is 18.0. The Hall–Kier alpha value is -2.37. The third-order valence-corrected chi connectivity index (χ3v) is 5.58. The van der Waals surface area contributed by atoms with Gasteiger partial charge in [-0.3, -0.25) is 14.5 Å². The van der Waals surface area contributed by atoms with E-state index in [1.165, 1.54) is 4.90 Å². The number of nitrogens with zero attached hydrogens (tertiary/aromatic N) is 3. The minimum Gasteiger partial charge on any atom is -0.369 e. The molecule has 2 amide bonds. The minimum absolute atomic E-state index is 0.106. The Labute approximate surface area is 164 Å². The Morgan fingerprint density at radius 2 is 1.63 bits per heavy atom. The molecule has 5 nitrogen and oxygen atoms in total. The van der Waals surface area contributed by atoms with Gasteiger partial charge in [-0.2, -0.15) is 0 Å². The molecule has 2 saturated heterocycles. The molecule has 0 spiro atoms. The van der Waals surface area contributed by atoms with Gasteiger partial charge in [-0.05, 0) is 48.9 Å². The summed E-state index contributed by atoms with van der Waals surface area (Å²) in [4.78, 5) is 31.2. The lowest BCUT2D eigenvalue weighted by atomic mass is 10.1. The number of benzene rings is 2. The number of halogens is 1. The molecule has 2 fully saturated rings. The van der Waals surface area contributed by atoms with Crippen molar-refractivity contribution in [2.45, 2.75) is 19.4 Å². The van der Waals surface area contributed by atoms with E-state index >= 15 is 0 Å². The van der Waals surface area contributed by atoms with Crippen molar-refractivity contribution >= 4 is 34.8 Å². The van der Waals surface area contributed by atoms with Gasteiger partial charge in [-0.1, -0.05) is 23.7 Å². The van der Waals surface area contributed by atoms with Gasteiger partial charge in [0.2, 0.25) is 5.91 Å². The molecule has 2 aliphatic heterocycles. The number of amides is 2. The molecule has 1 atom stereocenters. The Balaban J connectivity index is 1.44. The second-order valence-corrected chi connectivity index (χ2v) is 7.56. The van der Waals surface area contributed by atoms with Gasteiger partial charge in [0.1, 0.15) is 0 Å². The van der Waals surface area contributed by atoms with Crippen molar-refractivity contribution in [2.75, 3.05) is 36.0 Å². The van der Waals surface area contributed by atoms with Crippen molar-refractivity contribution in [3.8, 4) is 0 Å². The predicted octanol–water partition coefficient (Wildman–Crippen LogP) is 3.10. The number of hydrogen-bond acceptors (Lipinski definition) is 4. The second-order valence-electron chi connectivity index (χ2n) is 7.13. The topological polar surface area (TPSA) is 43.9 Å². The molecule has 2 heterocycles. The first-order valence-electron chi connectivity index (χ1n) is 9.21. The van der Waals surface area contributed by atoms with Gasteiger partial charge >= 0.3 is 0 Å². The van der Waals surface area contributed by atoms with Crippen molar-refractivity contribution in [2.24, 2.45) is 0 Å². The van der Waals surface area contributed by atoms with Crippen LogP contribution in [-0.4, -0.2) is 48.9 Å². The Morgan fingerprint density at radius 1 is 0.926 bits per heavy atom. The van der Waals surface area contributed by atoms with Crippen LogP contribution in [0, 0.1) is 6.92 Å². The number of anilines is 2. The minimum atomic E-state index is -0.356. The summed E-state index contributed by atoms with van der Waals surface area (Å²) in [6.07, 6.45) is 0.258.